The smallest absolute Gasteiger partial charge is 0.275 e. The lowest BCUT2D eigenvalue weighted by atomic mass is 10.3. The van der Waals surface area contributed by atoms with Crippen molar-refractivity contribution in [2.45, 2.75) is 13.8 Å². The molecule has 0 spiro atoms. The van der Waals surface area contributed by atoms with E-state index in [1.807, 2.05) is 26.0 Å². The minimum absolute atomic E-state index is 0.239. The zero-order chi connectivity index (χ0) is 13.7. The van der Waals surface area contributed by atoms with Crippen molar-refractivity contribution in [3.63, 3.8) is 0 Å². The molecule has 98 valence electrons. The summed E-state index contributed by atoms with van der Waals surface area (Å²) >= 11 is 0. The van der Waals surface area contributed by atoms with Gasteiger partial charge in [0.05, 0.1) is 6.61 Å². The molecule has 0 bridgehead atoms. The van der Waals surface area contributed by atoms with Gasteiger partial charge >= 0.3 is 0 Å². The maximum absolute atomic E-state index is 12.0. The Kier molecular flexibility index (Phi) is 4.02. The fourth-order valence-electron chi connectivity index (χ4n) is 1.48. The SMILES string of the molecule is CCOc1cc(C(=O)Nc2ncccc2C)ncn1. The average Bonchev–Trinajstić information content (AvgIpc) is 2.42. The fraction of sp³-hybridized carbons (Fsp3) is 0.231. The summed E-state index contributed by atoms with van der Waals surface area (Å²) in [6, 6.07) is 5.17. The normalized spacial score (nSPS) is 10.0. The Labute approximate surface area is 110 Å². The molecule has 0 saturated heterocycles. The number of pyridine rings is 1. The highest BCUT2D eigenvalue weighted by atomic mass is 16.5. The van der Waals surface area contributed by atoms with E-state index < -0.39 is 0 Å². The number of anilines is 1. The van der Waals surface area contributed by atoms with Crippen molar-refractivity contribution in [1.29, 1.82) is 0 Å². The summed E-state index contributed by atoms with van der Waals surface area (Å²) in [6.07, 6.45) is 2.92. The Bertz CT molecular complexity index is 586. The second kappa shape index (κ2) is 5.90. The number of hydrogen-bond acceptors (Lipinski definition) is 5. The van der Waals surface area contributed by atoms with Crippen LogP contribution in [0.1, 0.15) is 23.0 Å². The number of aromatic nitrogens is 3. The van der Waals surface area contributed by atoms with Gasteiger partial charge in [-0.05, 0) is 25.5 Å². The molecule has 0 aromatic carbocycles. The zero-order valence-electron chi connectivity index (χ0n) is 10.8. The molecule has 0 saturated carbocycles. The molecule has 0 aliphatic carbocycles. The molecule has 19 heavy (non-hydrogen) atoms. The van der Waals surface area contributed by atoms with Crippen LogP contribution in [0.15, 0.2) is 30.7 Å². The first-order valence-corrected chi connectivity index (χ1v) is 5.88. The summed E-state index contributed by atoms with van der Waals surface area (Å²) in [4.78, 5) is 23.9. The first kappa shape index (κ1) is 12.9. The Hall–Kier alpha value is -2.50. The van der Waals surface area contributed by atoms with Crippen molar-refractivity contribution in [2.75, 3.05) is 11.9 Å². The average molecular weight is 258 g/mol. The van der Waals surface area contributed by atoms with E-state index in [1.165, 1.54) is 12.4 Å². The van der Waals surface area contributed by atoms with Crippen LogP contribution < -0.4 is 10.1 Å². The lowest BCUT2D eigenvalue weighted by molar-refractivity contribution is 0.102. The molecular formula is C13H14N4O2. The second-order valence-electron chi connectivity index (χ2n) is 3.80. The Morgan fingerprint density at radius 3 is 2.95 bits per heavy atom. The number of carbonyl (C=O) groups excluding carboxylic acids is 1. The first-order chi connectivity index (χ1) is 9.20. The lowest BCUT2D eigenvalue weighted by Gasteiger charge is -2.07. The molecule has 0 aliphatic heterocycles. The molecule has 2 aromatic rings. The minimum Gasteiger partial charge on any atom is -0.478 e. The Morgan fingerprint density at radius 2 is 2.21 bits per heavy atom. The van der Waals surface area contributed by atoms with Crippen LogP contribution >= 0.6 is 0 Å². The van der Waals surface area contributed by atoms with Crippen LogP contribution in [0.2, 0.25) is 0 Å². The summed E-state index contributed by atoms with van der Waals surface area (Å²) in [6.45, 7) is 4.20. The van der Waals surface area contributed by atoms with E-state index in [4.69, 9.17) is 4.74 Å². The molecule has 0 fully saturated rings. The van der Waals surface area contributed by atoms with Gasteiger partial charge in [-0.25, -0.2) is 15.0 Å². The summed E-state index contributed by atoms with van der Waals surface area (Å²) in [5, 5.41) is 2.70. The van der Waals surface area contributed by atoms with Gasteiger partial charge in [0.2, 0.25) is 5.88 Å². The van der Waals surface area contributed by atoms with E-state index in [0.717, 1.165) is 5.56 Å². The van der Waals surface area contributed by atoms with Gasteiger partial charge in [-0.3, -0.25) is 4.79 Å². The van der Waals surface area contributed by atoms with Crippen LogP contribution in [0.25, 0.3) is 0 Å². The van der Waals surface area contributed by atoms with Crippen molar-refractivity contribution < 1.29 is 9.53 Å². The van der Waals surface area contributed by atoms with Gasteiger partial charge in [-0.1, -0.05) is 6.07 Å². The number of rotatable bonds is 4. The summed E-state index contributed by atoms with van der Waals surface area (Å²) in [5.74, 6) is 0.551. The quantitative estimate of drug-likeness (QED) is 0.905. The van der Waals surface area contributed by atoms with E-state index >= 15 is 0 Å². The molecule has 6 heteroatoms. The highest BCUT2D eigenvalue weighted by molar-refractivity contribution is 6.02. The highest BCUT2D eigenvalue weighted by Gasteiger charge is 2.11. The number of amides is 1. The number of nitrogens with one attached hydrogen (secondary N) is 1. The van der Waals surface area contributed by atoms with E-state index in [1.54, 1.807) is 6.20 Å². The van der Waals surface area contributed by atoms with E-state index in [0.29, 0.717) is 18.3 Å². The predicted octanol–water partition coefficient (Wildman–Crippen LogP) is 1.83. The topological polar surface area (TPSA) is 77.0 Å². The Balaban J connectivity index is 2.16. The number of nitrogens with zero attached hydrogens (tertiary/aromatic N) is 3. The highest BCUT2D eigenvalue weighted by Crippen LogP contribution is 2.12. The molecule has 1 amide bonds. The van der Waals surface area contributed by atoms with E-state index in [-0.39, 0.29) is 11.6 Å². The largest absolute Gasteiger partial charge is 0.478 e. The van der Waals surface area contributed by atoms with Crippen LogP contribution in [-0.4, -0.2) is 27.5 Å². The first-order valence-electron chi connectivity index (χ1n) is 5.88. The van der Waals surface area contributed by atoms with Crippen LogP contribution in [0, 0.1) is 6.92 Å². The third kappa shape index (κ3) is 3.25. The van der Waals surface area contributed by atoms with Crippen LogP contribution in [0.5, 0.6) is 5.88 Å². The van der Waals surface area contributed by atoms with Gasteiger partial charge in [-0.15, -0.1) is 0 Å². The third-order valence-electron chi connectivity index (χ3n) is 2.41. The molecule has 1 N–H and O–H groups in total. The van der Waals surface area contributed by atoms with E-state index in [2.05, 4.69) is 20.3 Å². The number of ether oxygens (including phenoxy) is 1. The maximum atomic E-state index is 12.0. The second-order valence-corrected chi connectivity index (χ2v) is 3.80. The van der Waals surface area contributed by atoms with Crippen LogP contribution in [0.4, 0.5) is 5.82 Å². The van der Waals surface area contributed by atoms with Gasteiger partial charge in [0, 0.05) is 12.3 Å². The number of aryl methyl sites for hydroxylation is 1. The summed E-state index contributed by atoms with van der Waals surface area (Å²) in [5.41, 5.74) is 1.12. The predicted molar refractivity (Wildman–Crippen MR) is 70.1 cm³/mol. The van der Waals surface area contributed by atoms with Gasteiger partial charge in [0.15, 0.2) is 0 Å². The van der Waals surface area contributed by atoms with Crippen molar-refractivity contribution >= 4 is 11.7 Å². The van der Waals surface area contributed by atoms with Gasteiger partial charge in [-0.2, -0.15) is 0 Å². The van der Waals surface area contributed by atoms with E-state index in [9.17, 15) is 4.79 Å². The summed E-state index contributed by atoms with van der Waals surface area (Å²) in [7, 11) is 0. The van der Waals surface area contributed by atoms with Crippen LogP contribution in [-0.2, 0) is 0 Å². The number of carbonyl (C=O) groups is 1. The van der Waals surface area contributed by atoms with Crippen molar-refractivity contribution in [3.8, 4) is 5.88 Å². The molecule has 0 aliphatic rings. The minimum atomic E-state index is -0.342. The van der Waals surface area contributed by atoms with Gasteiger partial charge in [0.1, 0.15) is 17.8 Å². The van der Waals surface area contributed by atoms with Crippen LogP contribution in [0.3, 0.4) is 0 Å². The molecular weight excluding hydrogens is 244 g/mol. The molecule has 2 aromatic heterocycles. The van der Waals surface area contributed by atoms with Crippen molar-refractivity contribution in [3.05, 3.63) is 42.0 Å². The fourth-order valence-corrected chi connectivity index (χ4v) is 1.48. The summed E-state index contributed by atoms with van der Waals surface area (Å²) < 4.78 is 5.22. The lowest BCUT2D eigenvalue weighted by Crippen LogP contribution is -2.15. The maximum Gasteiger partial charge on any atom is 0.275 e. The molecule has 0 unspecified atom stereocenters. The number of hydrogen-bond donors (Lipinski definition) is 1. The van der Waals surface area contributed by atoms with Crippen molar-refractivity contribution in [1.82, 2.24) is 15.0 Å². The monoisotopic (exact) mass is 258 g/mol. The molecule has 0 radical (unpaired) electrons. The van der Waals surface area contributed by atoms with Crippen molar-refractivity contribution in [2.24, 2.45) is 0 Å². The molecule has 0 atom stereocenters. The Morgan fingerprint density at radius 1 is 1.37 bits per heavy atom. The zero-order valence-corrected chi connectivity index (χ0v) is 10.8. The molecule has 2 heterocycles. The molecule has 6 nitrogen and oxygen atoms in total. The standard InChI is InChI=1S/C13H14N4O2/c1-3-19-11-7-10(15-8-16-11)13(18)17-12-9(2)5-4-6-14-12/h4-8H,3H2,1-2H3,(H,14,17,18). The third-order valence-corrected chi connectivity index (χ3v) is 2.41. The molecule has 2 rings (SSSR count). The van der Waals surface area contributed by atoms with Gasteiger partial charge < -0.3 is 10.1 Å². The van der Waals surface area contributed by atoms with Gasteiger partial charge in [0.25, 0.3) is 5.91 Å².